The standard InChI is InChI=1S/C42H62O18/c1-7-13-35(43)53-21-19-49-31-33(51-23-25-55-37(45)15-9-3)41(59-29-27-57-39(47)17-11-5)42(60-30-28-58-40(48)18-12-6)34(52-24-26-56-38(46)16-10-4)32-50-20-22-54-36(44)14-8-2/h7-12,33-34,41-42H,1-6,13-32H2. The van der Waals surface area contributed by atoms with Crippen LogP contribution in [0.2, 0.25) is 0 Å². The van der Waals surface area contributed by atoms with Gasteiger partial charge in [-0.2, -0.15) is 0 Å². The van der Waals surface area contributed by atoms with Gasteiger partial charge in [0.25, 0.3) is 0 Å². The predicted molar refractivity (Wildman–Crippen MR) is 215 cm³/mol. The second-order valence-corrected chi connectivity index (χ2v) is 11.9. The van der Waals surface area contributed by atoms with Gasteiger partial charge in [-0.25, -0.2) is 0 Å². The summed E-state index contributed by atoms with van der Waals surface area (Å²) in [7, 11) is 0. The van der Waals surface area contributed by atoms with Gasteiger partial charge in [0, 0.05) is 0 Å². The number of esters is 6. The van der Waals surface area contributed by atoms with Crippen LogP contribution in [-0.2, 0) is 85.6 Å². The van der Waals surface area contributed by atoms with E-state index in [0.29, 0.717) is 0 Å². The highest BCUT2D eigenvalue weighted by atomic mass is 16.6. The van der Waals surface area contributed by atoms with E-state index in [2.05, 4.69) is 39.5 Å². The molecule has 0 heterocycles. The van der Waals surface area contributed by atoms with Gasteiger partial charge in [-0.1, -0.05) is 36.5 Å². The summed E-state index contributed by atoms with van der Waals surface area (Å²) < 4.78 is 68.0. The topological polar surface area (TPSA) is 213 Å². The molecule has 0 fully saturated rings. The van der Waals surface area contributed by atoms with Gasteiger partial charge in [-0.3, -0.25) is 28.8 Å². The van der Waals surface area contributed by atoms with E-state index in [-0.39, 0.29) is 131 Å². The molecule has 0 aliphatic heterocycles. The van der Waals surface area contributed by atoms with Crippen LogP contribution in [0.15, 0.2) is 75.9 Å². The molecule has 18 nitrogen and oxygen atoms in total. The Morgan fingerprint density at radius 3 is 0.767 bits per heavy atom. The second kappa shape index (κ2) is 38.2. The van der Waals surface area contributed by atoms with Gasteiger partial charge >= 0.3 is 35.8 Å². The fourth-order valence-corrected chi connectivity index (χ4v) is 4.58. The molecule has 0 bridgehead atoms. The highest BCUT2D eigenvalue weighted by Crippen LogP contribution is 2.20. The van der Waals surface area contributed by atoms with Gasteiger partial charge in [0.1, 0.15) is 64.1 Å². The number of hydrogen-bond donors (Lipinski definition) is 0. The van der Waals surface area contributed by atoms with Crippen LogP contribution in [0.25, 0.3) is 0 Å². The zero-order chi connectivity index (χ0) is 44.6. The molecule has 4 atom stereocenters. The molecule has 0 rings (SSSR count). The van der Waals surface area contributed by atoms with Gasteiger partial charge in [0.05, 0.1) is 91.4 Å². The first-order chi connectivity index (χ1) is 29.1. The van der Waals surface area contributed by atoms with Crippen molar-refractivity contribution >= 4 is 35.8 Å². The van der Waals surface area contributed by atoms with E-state index in [4.69, 9.17) is 56.8 Å². The molecular formula is C42H62O18. The molecule has 0 saturated carbocycles. The third-order valence-corrected chi connectivity index (χ3v) is 7.14. The molecule has 0 aromatic heterocycles. The second-order valence-electron chi connectivity index (χ2n) is 11.9. The number of ether oxygens (including phenoxy) is 12. The summed E-state index contributed by atoms with van der Waals surface area (Å²) in [5, 5.41) is 0. The van der Waals surface area contributed by atoms with Crippen LogP contribution in [0.3, 0.4) is 0 Å². The van der Waals surface area contributed by atoms with Crippen molar-refractivity contribution < 1.29 is 85.6 Å². The zero-order valence-corrected chi connectivity index (χ0v) is 34.5. The average molecular weight is 855 g/mol. The molecule has 0 aromatic rings. The van der Waals surface area contributed by atoms with Crippen molar-refractivity contribution in [2.24, 2.45) is 0 Å². The minimum atomic E-state index is -1.18. The number of rotatable bonds is 41. The summed E-state index contributed by atoms with van der Waals surface area (Å²) in [5.74, 6) is -3.22. The summed E-state index contributed by atoms with van der Waals surface area (Å²) in [6, 6.07) is 0. The van der Waals surface area contributed by atoms with Gasteiger partial charge in [-0.05, 0) is 0 Å². The van der Waals surface area contributed by atoms with Gasteiger partial charge in [-0.15, -0.1) is 39.5 Å². The monoisotopic (exact) mass is 854 g/mol. The van der Waals surface area contributed by atoms with Crippen LogP contribution in [-0.4, -0.2) is 153 Å². The summed E-state index contributed by atoms with van der Waals surface area (Å²) in [5.41, 5.74) is 0. The van der Waals surface area contributed by atoms with Gasteiger partial charge < -0.3 is 56.8 Å². The Hall–Kier alpha value is -4.98. The third kappa shape index (κ3) is 30.1. The van der Waals surface area contributed by atoms with E-state index < -0.39 is 60.2 Å². The van der Waals surface area contributed by atoms with Crippen LogP contribution in [0.1, 0.15) is 38.5 Å². The maximum absolute atomic E-state index is 12.1. The lowest BCUT2D eigenvalue weighted by atomic mass is 10.0. The third-order valence-electron chi connectivity index (χ3n) is 7.14. The Morgan fingerprint density at radius 2 is 0.533 bits per heavy atom. The molecule has 338 valence electrons. The van der Waals surface area contributed by atoms with Crippen molar-refractivity contribution in [2.75, 3.05) is 92.5 Å². The SMILES string of the molecule is C=CCC(=O)OCCOCC(OCCOC(=O)CC=C)C(OCCOC(=O)CC=C)C(OCCOC(=O)CC=C)C(COCCOC(=O)CC=C)OCCOC(=O)CC=C. The molecule has 0 amide bonds. The fourth-order valence-electron chi connectivity index (χ4n) is 4.58. The highest BCUT2D eigenvalue weighted by Gasteiger charge is 2.39. The molecule has 4 unspecified atom stereocenters. The maximum Gasteiger partial charge on any atom is 0.309 e. The number of carbonyl (C=O) groups excluding carboxylic acids is 6. The predicted octanol–water partition coefficient (Wildman–Crippen LogP) is 3.28. The van der Waals surface area contributed by atoms with Crippen LogP contribution in [0.5, 0.6) is 0 Å². The Bertz CT molecular complexity index is 1220. The quantitative estimate of drug-likeness (QED) is 0.0374. The molecule has 0 N–H and O–H groups in total. The largest absolute Gasteiger partial charge is 0.463 e. The van der Waals surface area contributed by atoms with E-state index in [1.807, 2.05) is 0 Å². The van der Waals surface area contributed by atoms with Crippen LogP contribution in [0, 0.1) is 0 Å². The van der Waals surface area contributed by atoms with E-state index in [9.17, 15) is 28.8 Å². The van der Waals surface area contributed by atoms with Gasteiger partial charge in [0.15, 0.2) is 0 Å². The van der Waals surface area contributed by atoms with Crippen LogP contribution < -0.4 is 0 Å². The van der Waals surface area contributed by atoms with Crippen molar-refractivity contribution in [3.05, 3.63) is 75.9 Å². The average Bonchev–Trinajstić information content (AvgIpc) is 3.20. The molecular weight excluding hydrogens is 792 g/mol. The first-order valence-electron chi connectivity index (χ1n) is 19.3. The Morgan fingerprint density at radius 1 is 0.317 bits per heavy atom. The van der Waals surface area contributed by atoms with Crippen molar-refractivity contribution in [1.29, 1.82) is 0 Å². The molecule has 60 heavy (non-hydrogen) atoms. The summed E-state index contributed by atoms with van der Waals surface area (Å²) in [6.45, 7) is 18.8. The lowest BCUT2D eigenvalue weighted by Gasteiger charge is -2.37. The molecule has 0 aromatic carbocycles. The molecule has 18 heteroatoms. The smallest absolute Gasteiger partial charge is 0.309 e. The van der Waals surface area contributed by atoms with E-state index >= 15 is 0 Å². The Balaban J connectivity index is 6.83. The molecule has 0 aliphatic rings. The zero-order valence-electron chi connectivity index (χ0n) is 34.5. The van der Waals surface area contributed by atoms with Crippen LogP contribution in [0.4, 0.5) is 0 Å². The first kappa shape index (κ1) is 55.0. The van der Waals surface area contributed by atoms with Crippen LogP contribution >= 0.6 is 0 Å². The number of carbonyl (C=O) groups is 6. The normalized spacial score (nSPS) is 12.6. The molecule has 0 saturated heterocycles. The first-order valence-corrected chi connectivity index (χ1v) is 19.3. The van der Waals surface area contributed by atoms with Crippen molar-refractivity contribution in [2.45, 2.75) is 62.9 Å². The Kier molecular flexibility index (Phi) is 35.1. The molecule has 0 aliphatic carbocycles. The summed E-state index contributed by atoms with van der Waals surface area (Å²) in [4.78, 5) is 72.1. The van der Waals surface area contributed by atoms with Crippen molar-refractivity contribution in [1.82, 2.24) is 0 Å². The molecule has 0 spiro atoms. The summed E-state index contributed by atoms with van der Waals surface area (Å²) >= 11 is 0. The number of hydrogen-bond acceptors (Lipinski definition) is 18. The van der Waals surface area contributed by atoms with Gasteiger partial charge in [0.2, 0.25) is 0 Å². The highest BCUT2D eigenvalue weighted by molar-refractivity contribution is 5.72. The fraction of sp³-hybridized carbons (Fsp3) is 0.571. The summed E-state index contributed by atoms with van der Waals surface area (Å²) in [6.07, 6.45) is 3.68. The van der Waals surface area contributed by atoms with E-state index in [1.54, 1.807) is 0 Å². The minimum Gasteiger partial charge on any atom is -0.463 e. The Labute approximate surface area is 352 Å². The van der Waals surface area contributed by atoms with Crippen molar-refractivity contribution in [3.63, 3.8) is 0 Å². The lowest BCUT2D eigenvalue weighted by Crippen LogP contribution is -2.53. The minimum absolute atomic E-state index is 0.000308. The maximum atomic E-state index is 12.1. The van der Waals surface area contributed by atoms with E-state index in [1.165, 1.54) is 36.5 Å². The van der Waals surface area contributed by atoms with Crippen molar-refractivity contribution in [3.8, 4) is 0 Å². The molecule has 0 radical (unpaired) electrons. The van der Waals surface area contributed by atoms with E-state index in [0.717, 1.165) is 0 Å². The lowest BCUT2D eigenvalue weighted by molar-refractivity contribution is -0.207.